The van der Waals surface area contributed by atoms with Crippen LogP contribution in [0.1, 0.15) is 31.9 Å². The molecule has 2 bridgehead atoms. The molecule has 4 atom stereocenters. The van der Waals surface area contributed by atoms with E-state index in [0.717, 1.165) is 4.47 Å². The summed E-state index contributed by atoms with van der Waals surface area (Å²) in [5.74, 6) is -2.21. The third kappa shape index (κ3) is 1.87. The van der Waals surface area contributed by atoms with E-state index in [9.17, 15) is 15.8 Å². The van der Waals surface area contributed by atoms with E-state index in [2.05, 4.69) is 22.0 Å². The molecule has 3 rings (SSSR count). The zero-order chi connectivity index (χ0) is 18.5. The van der Waals surface area contributed by atoms with Crippen molar-refractivity contribution in [3.63, 3.8) is 0 Å². The standard InChI is InChI=1S/C18H15BrN4O2/c1-3-18-11(2)17(10-22,15(23)25-18)16(8-20,9-21)14(24-18)12-4-6-13(19)7-5-12/h4-7,11,14,23H,3H2,1-2H3/t11-,14-,17+,18+/m0/s1. The van der Waals surface area contributed by atoms with Gasteiger partial charge in [-0.15, -0.1) is 0 Å². The molecule has 6 nitrogen and oxygen atoms in total. The van der Waals surface area contributed by atoms with Crippen LogP contribution in [0, 0.1) is 56.2 Å². The van der Waals surface area contributed by atoms with Crippen LogP contribution in [0.2, 0.25) is 0 Å². The Balaban J connectivity index is 2.32. The Morgan fingerprint density at radius 2 is 1.76 bits per heavy atom. The molecule has 0 amide bonds. The SMILES string of the molecule is CC[C@@]12OC(=N)[C@@](C#N)([C@@H]1C)C(C#N)(C#N)[C@H](c1ccc(Br)cc1)O2. The van der Waals surface area contributed by atoms with Crippen LogP contribution in [0.15, 0.2) is 28.7 Å². The van der Waals surface area contributed by atoms with E-state index in [1.54, 1.807) is 31.2 Å². The second-order valence-corrected chi connectivity index (χ2v) is 7.23. The van der Waals surface area contributed by atoms with Gasteiger partial charge in [-0.1, -0.05) is 41.9 Å². The number of hydrogen-bond donors (Lipinski definition) is 1. The molecule has 0 aromatic heterocycles. The predicted molar refractivity (Wildman–Crippen MR) is 90.7 cm³/mol. The third-order valence-corrected chi connectivity index (χ3v) is 6.00. The van der Waals surface area contributed by atoms with Crippen LogP contribution >= 0.6 is 15.9 Å². The highest BCUT2D eigenvalue weighted by molar-refractivity contribution is 9.10. The van der Waals surface area contributed by atoms with Crippen molar-refractivity contribution in [1.82, 2.24) is 0 Å². The fraction of sp³-hybridized carbons (Fsp3) is 0.444. The fourth-order valence-corrected chi connectivity index (χ4v) is 4.25. The van der Waals surface area contributed by atoms with Crippen LogP contribution in [0.5, 0.6) is 0 Å². The van der Waals surface area contributed by atoms with Gasteiger partial charge in [0.05, 0.1) is 24.1 Å². The van der Waals surface area contributed by atoms with E-state index in [-0.39, 0.29) is 5.90 Å². The van der Waals surface area contributed by atoms with Gasteiger partial charge < -0.3 is 9.47 Å². The molecule has 7 heteroatoms. The third-order valence-electron chi connectivity index (χ3n) is 5.47. The Hall–Kier alpha value is -2.40. The number of nitrogens with zero attached hydrogens (tertiary/aromatic N) is 3. The maximum absolute atomic E-state index is 9.99. The van der Waals surface area contributed by atoms with Gasteiger partial charge in [0.1, 0.15) is 6.10 Å². The van der Waals surface area contributed by atoms with Gasteiger partial charge in [0.2, 0.25) is 17.1 Å². The number of rotatable bonds is 2. The summed E-state index contributed by atoms with van der Waals surface area (Å²) in [4.78, 5) is 0. The quantitative estimate of drug-likeness (QED) is 0.812. The second-order valence-electron chi connectivity index (χ2n) is 6.32. The summed E-state index contributed by atoms with van der Waals surface area (Å²) in [6.45, 7) is 3.54. The van der Waals surface area contributed by atoms with Crippen molar-refractivity contribution in [2.24, 2.45) is 16.7 Å². The molecule has 2 saturated heterocycles. The molecular formula is C18H15BrN4O2. The number of nitrogens with one attached hydrogen (secondary N) is 1. The van der Waals surface area contributed by atoms with Crippen molar-refractivity contribution in [3.8, 4) is 18.2 Å². The number of halogens is 1. The molecule has 2 aliphatic heterocycles. The molecule has 1 aromatic carbocycles. The monoisotopic (exact) mass is 398 g/mol. The topological polar surface area (TPSA) is 114 Å². The summed E-state index contributed by atoms with van der Waals surface area (Å²) in [6.07, 6.45) is -0.616. The van der Waals surface area contributed by atoms with E-state index >= 15 is 0 Å². The van der Waals surface area contributed by atoms with Gasteiger partial charge in [0.15, 0.2) is 5.41 Å². The molecular weight excluding hydrogens is 384 g/mol. The minimum Gasteiger partial charge on any atom is -0.447 e. The normalized spacial score (nSPS) is 35.1. The molecule has 0 unspecified atom stereocenters. The molecule has 2 aliphatic rings. The van der Waals surface area contributed by atoms with Gasteiger partial charge in [0.25, 0.3) is 0 Å². The number of benzene rings is 1. The maximum Gasteiger partial charge on any atom is 0.217 e. The van der Waals surface area contributed by atoms with Crippen molar-refractivity contribution >= 4 is 21.8 Å². The average Bonchev–Trinajstić information content (AvgIpc) is 2.79. The first-order chi connectivity index (χ1) is 11.9. The zero-order valence-corrected chi connectivity index (χ0v) is 15.3. The van der Waals surface area contributed by atoms with Crippen LogP contribution in [0.4, 0.5) is 0 Å². The van der Waals surface area contributed by atoms with E-state index < -0.39 is 28.6 Å². The highest BCUT2D eigenvalue weighted by Crippen LogP contribution is 2.66. The van der Waals surface area contributed by atoms with Gasteiger partial charge in [-0.25, -0.2) is 0 Å². The molecule has 1 N–H and O–H groups in total. The lowest BCUT2D eigenvalue weighted by Crippen LogP contribution is -2.58. The van der Waals surface area contributed by atoms with Gasteiger partial charge in [-0.2, -0.15) is 15.8 Å². The lowest BCUT2D eigenvalue weighted by Gasteiger charge is -2.48. The van der Waals surface area contributed by atoms with E-state index in [1.165, 1.54) is 0 Å². The first-order valence-corrected chi connectivity index (χ1v) is 8.61. The summed E-state index contributed by atoms with van der Waals surface area (Å²) in [6, 6.07) is 13.2. The Morgan fingerprint density at radius 1 is 1.16 bits per heavy atom. The van der Waals surface area contributed by atoms with E-state index in [0.29, 0.717) is 12.0 Å². The molecule has 0 saturated carbocycles. The molecule has 2 fully saturated rings. The number of nitriles is 3. The molecule has 2 heterocycles. The maximum atomic E-state index is 9.99. The Bertz CT molecular complexity index is 849. The molecule has 0 aliphatic carbocycles. The molecule has 126 valence electrons. The van der Waals surface area contributed by atoms with E-state index in [4.69, 9.17) is 14.9 Å². The number of fused-ring (bicyclic) bond motifs is 2. The van der Waals surface area contributed by atoms with Gasteiger partial charge in [-0.05, 0) is 17.7 Å². The van der Waals surface area contributed by atoms with Crippen molar-refractivity contribution in [2.45, 2.75) is 32.2 Å². The Morgan fingerprint density at radius 3 is 2.24 bits per heavy atom. The number of ether oxygens (including phenoxy) is 2. The summed E-state index contributed by atoms with van der Waals surface area (Å²) in [5, 5.41) is 38.2. The van der Waals surface area contributed by atoms with Gasteiger partial charge >= 0.3 is 0 Å². The Kier molecular flexibility index (Phi) is 3.88. The number of hydrogen-bond acceptors (Lipinski definition) is 6. The summed E-state index contributed by atoms with van der Waals surface area (Å²) in [5.41, 5.74) is -2.99. The smallest absolute Gasteiger partial charge is 0.217 e. The highest BCUT2D eigenvalue weighted by atomic mass is 79.9. The minimum absolute atomic E-state index is 0.368. The first kappa shape index (κ1) is 17.4. The van der Waals surface area contributed by atoms with E-state index in [1.807, 2.05) is 19.1 Å². The summed E-state index contributed by atoms with van der Waals surface area (Å²) >= 11 is 3.35. The highest BCUT2D eigenvalue weighted by Gasteiger charge is 2.78. The van der Waals surface area contributed by atoms with Crippen LogP contribution < -0.4 is 0 Å². The van der Waals surface area contributed by atoms with Crippen LogP contribution in [-0.4, -0.2) is 11.7 Å². The molecule has 25 heavy (non-hydrogen) atoms. The predicted octanol–water partition coefficient (Wildman–Crippen LogP) is 3.81. The first-order valence-electron chi connectivity index (χ1n) is 7.82. The van der Waals surface area contributed by atoms with Crippen molar-refractivity contribution < 1.29 is 9.47 Å². The molecule has 0 radical (unpaired) electrons. The van der Waals surface area contributed by atoms with Crippen molar-refractivity contribution in [1.29, 1.82) is 21.2 Å². The van der Waals surface area contributed by atoms with Crippen LogP contribution in [0.3, 0.4) is 0 Å². The molecule has 0 spiro atoms. The zero-order valence-electron chi connectivity index (χ0n) is 13.7. The summed E-state index contributed by atoms with van der Waals surface area (Å²) in [7, 11) is 0. The van der Waals surface area contributed by atoms with Crippen LogP contribution in [0.25, 0.3) is 0 Å². The largest absolute Gasteiger partial charge is 0.447 e. The minimum atomic E-state index is -1.89. The second kappa shape index (κ2) is 5.56. The molecule has 1 aromatic rings. The lowest BCUT2D eigenvalue weighted by atomic mass is 9.53. The summed E-state index contributed by atoms with van der Waals surface area (Å²) < 4.78 is 12.7. The Labute approximate surface area is 154 Å². The van der Waals surface area contributed by atoms with Crippen molar-refractivity contribution in [3.05, 3.63) is 34.3 Å². The lowest BCUT2D eigenvalue weighted by molar-refractivity contribution is -0.280. The van der Waals surface area contributed by atoms with Gasteiger partial charge in [-0.3, -0.25) is 5.41 Å². The fourth-order valence-electron chi connectivity index (χ4n) is 3.98. The van der Waals surface area contributed by atoms with Gasteiger partial charge in [0, 0.05) is 10.9 Å². The van der Waals surface area contributed by atoms with Crippen LogP contribution in [-0.2, 0) is 9.47 Å². The van der Waals surface area contributed by atoms with Crippen molar-refractivity contribution in [2.75, 3.05) is 0 Å². The average molecular weight is 399 g/mol.